The van der Waals surface area contributed by atoms with Crippen molar-refractivity contribution in [3.63, 3.8) is 0 Å². The number of aromatic amines is 1. The minimum Gasteiger partial charge on any atom is -0.504 e. The van der Waals surface area contributed by atoms with Crippen LogP contribution in [0.4, 0.5) is 10.2 Å². The van der Waals surface area contributed by atoms with Gasteiger partial charge in [-0.2, -0.15) is 5.10 Å². The van der Waals surface area contributed by atoms with Crippen LogP contribution in [0.1, 0.15) is 0 Å². The van der Waals surface area contributed by atoms with E-state index in [1.54, 1.807) is 0 Å². The molecular weight excluding hydrogens is 281 g/mol. The number of nitrogens with one attached hydrogen (secondary N) is 1. The molecule has 0 atom stereocenters. The molecule has 0 aliphatic carbocycles. The lowest BCUT2D eigenvalue weighted by molar-refractivity contribution is 0.400. The van der Waals surface area contributed by atoms with Crippen LogP contribution >= 0.6 is 15.9 Å². The molecule has 0 aliphatic heterocycles. The molecule has 0 unspecified atom stereocenters. The summed E-state index contributed by atoms with van der Waals surface area (Å²) in [6, 6.07) is 2.22. The van der Waals surface area contributed by atoms with Crippen LogP contribution in [0.2, 0.25) is 0 Å². The Bertz CT molecular complexity index is 530. The van der Waals surface area contributed by atoms with Gasteiger partial charge in [-0.3, -0.25) is 5.10 Å². The maximum absolute atomic E-state index is 13.3. The number of rotatable bonds is 1. The molecule has 5 N–H and O–H groups in total. The van der Waals surface area contributed by atoms with Gasteiger partial charge in [0.05, 0.1) is 15.7 Å². The average molecular weight is 288 g/mol. The fraction of sp³-hybridized carbons (Fsp3) is 0. The third-order valence-corrected chi connectivity index (χ3v) is 2.81. The molecule has 2 aromatic rings. The van der Waals surface area contributed by atoms with E-state index in [0.717, 1.165) is 6.07 Å². The largest absolute Gasteiger partial charge is 0.504 e. The lowest BCUT2D eigenvalue weighted by Gasteiger charge is -2.07. The zero-order chi connectivity index (χ0) is 11.9. The van der Waals surface area contributed by atoms with Gasteiger partial charge in [-0.15, -0.1) is 0 Å². The lowest BCUT2D eigenvalue weighted by Crippen LogP contribution is -1.87. The number of H-pyrrole nitrogens is 1. The predicted octanol–water partition coefficient (Wildman–Crippen LogP) is 1.97. The number of nitrogen functional groups attached to an aromatic ring is 1. The lowest BCUT2D eigenvalue weighted by atomic mass is 10.1. The monoisotopic (exact) mass is 287 g/mol. The van der Waals surface area contributed by atoms with Crippen molar-refractivity contribution in [3.8, 4) is 22.8 Å². The Morgan fingerprint density at radius 3 is 2.62 bits per heavy atom. The second-order valence-corrected chi connectivity index (χ2v) is 3.91. The Balaban J connectivity index is 2.73. The van der Waals surface area contributed by atoms with Gasteiger partial charge in [0.1, 0.15) is 11.6 Å². The molecule has 0 fully saturated rings. The maximum atomic E-state index is 13.3. The Kier molecular flexibility index (Phi) is 2.47. The number of hydrogen-bond donors (Lipinski definition) is 4. The van der Waals surface area contributed by atoms with Crippen LogP contribution in [0.25, 0.3) is 11.3 Å². The van der Waals surface area contributed by atoms with Crippen LogP contribution in [-0.2, 0) is 0 Å². The summed E-state index contributed by atoms with van der Waals surface area (Å²) in [5, 5.41) is 25.1. The summed E-state index contributed by atoms with van der Waals surface area (Å²) >= 11 is 2.98. The van der Waals surface area contributed by atoms with Gasteiger partial charge < -0.3 is 15.9 Å². The number of anilines is 1. The molecule has 0 aliphatic rings. The highest BCUT2D eigenvalue weighted by Gasteiger charge is 2.18. The maximum Gasteiger partial charge on any atom is 0.168 e. The first-order chi connectivity index (χ1) is 7.50. The summed E-state index contributed by atoms with van der Waals surface area (Å²) in [5.74, 6) is -1.50. The molecule has 2 rings (SSSR count). The number of phenolic OH excluding ortho intramolecular Hbond substituents is 2. The summed E-state index contributed by atoms with van der Waals surface area (Å²) in [7, 11) is 0. The SMILES string of the molecule is Nc1cc(-c2c(O)c(O)cc(F)c2Br)[nH]n1. The van der Waals surface area contributed by atoms with Gasteiger partial charge in [0, 0.05) is 12.1 Å². The van der Waals surface area contributed by atoms with Gasteiger partial charge in [-0.05, 0) is 15.9 Å². The van der Waals surface area contributed by atoms with Crippen LogP contribution < -0.4 is 5.73 Å². The van der Waals surface area contributed by atoms with Crippen molar-refractivity contribution in [2.45, 2.75) is 0 Å². The minimum atomic E-state index is -0.696. The summed E-state index contributed by atoms with van der Waals surface area (Å²) in [4.78, 5) is 0. The second-order valence-electron chi connectivity index (χ2n) is 3.12. The molecule has 1 aromatic carbocycles. The van der Waals surface area contributed by atoms with Crippen LogP contribution in [0.3, 0.4) is 0 Å². The molecule has 0 radical (unpaired) electrons. The van der Waals surface area contributed by atoms with Gasteiger partial charge in [0.15, 0.2) is 11.5 Å². The van der Waals surface area contributed by atoms with E-state index in [1.807, 2.05) is 0 Å². The molecule has 1 heterocycles. The summed E-state index contributed by atoms with van der Waals surface area (Å²) in [5.41, 5.74) is 5.77. The van der Waals surface area contributed by atoms with Crippen molar-refractivity contribution in [3.05, 3.63) is 22.4 Å². The molecular formula is C9H7BrFN3O2. The zero-order valence-corrected chi connectivity index (χ0v) is 9.42. The number of halogens is 2. The van der Waals surface area contributed by atoms with E-state index < -0.39 is 17.3 Å². The van der Waals surface area contributed by atoms with E-state index in [4.69, 9.17) is 5.73 Å². The number of aromatic hydroxyl groups is 2. The number of nitrogens with two attached hydrogens (primary N) is 1. The molecule has 1 aromatic heterocycles. The zero-order valence-electron chi connectivity index (χ0n) is 7.83. The Morgan fingerprint density at radius 1 is 1.38 bits per heavy atom. The van der Waals surface area contributed by atoms with Crippen molar-refractivity contribution in [1.29, 1.82) is 0 Å². The Hall–Kier alpha value is -1.76. The van der Waals surface area contributed by atoms with Crippen LogP contribution in [0.15, 0.2) is 16.6 Å². The quantitative estimate of drug-likeness (QED) is 0.603. The van der Waals surface area contributed by atoms with Gasteiger partial charge in [-0.1, -0.05) is 0 Å². The fourth-order valence-electron chi connectivity index (χ4n) is 1.31. The molecule has 5 nitrogen and oxygen atoms in total. The van der Waals surface area contributed by atoms with E-state index in [-0.39, 0.29) is 15.9 Å². The van der Waals surface area contributed by atoms with Gasteiger partial charge in [0.25, 0.3) is 0 Å². The fourth-order valence-corrected chi connectivity index (χ4v) is 1.83. The highest BCUT2D eigenvalue weighted by Crippen LogP contribution is 2.42. The third kappa shape index (κ3) is 1.58. The van der Waals surface area contributed by atoms with Crippen LogP contribution in [0, 0.1) is 5.82 Å². The van der Waals surface area contributed by atoms with E-state index in [0.29, 0.717) is 5.69 Å². The van der Waals surface area contributed by atoms with E-state index in [2.05, 4.69) is 26.1 Å². The van der Waals surface area contributed by atoms with E-state index in [9.17, 15) is 14.6 Å². The molecule has 0 saturated carbocycles. The molecule has 0 spiro atoms. The van der Waals surface area contributed by atoms with Gasteiger partial charge in [-0.25, -0.2) is 4.39 Å². The van der Waals surface area contributed by atoms with Crippen molar-refractivity contribution in [2.24, 2.45) is 0 Å². The topological polar surface area (TPSA) is 95.2 Å². The van der Waals surface area contributed by atoms with Crippen molar-refractivity contribution in [2.75, 3.05) is 5.73 Å². The Labute approximate surface area is 97.8 Å². The highest BCUT2D eigenvalue weighted by molar-refractivity contribution is 9.10. The average Bonchev–Trinajstić information content (AvgIpc) is 2.62. The van der Waals surface area contributed by atoms with E-state index in [1.165, 1.54) is 6.07 Å². The third-order valence-electron chi connectivity index (χ3n) is 2.04. The number of nitrogens with zero attached hydrogens (tertiary/aromatic N) is 1. The molecule has 7 heteroatoms. The standard InChI is InChI=1S/C9H7BrFN3O2/c10-8-3(11)1-5(15)9(16)7(8)4-2-6(12)14-13-4/h1-2,15-16H,(H3,12,13,14). The first kappa shape index (κ1) is 10.7. The summed E-state index contributed by atoms with van der Waals surface area (Å²) in [6.07, 6.45) is 0. The highest BCUT2D eigenvalue weighted by atomic mass is 79.9. The van der Waals surface area contributed by atoms with Crippen molar-refractivity contribution < 1.29 is 14.6 Å². The second kappa shape index (κ2) is 3.67. The number of phenols is 2. The number of hydrogen-bond acceptors (Lipinski definition) is 4. The summed E-state index contributed by atoms with van der Waals surface area (Å²) in [6.45, 7) is 0. The van der Waals surface area contributed by atoms with Crippen molar-refractivity contribution in [1.82, 2.24) is 10.2 Å². The van der Waals surface area contributed by atoms with Crippen molar-refractivity contribution >= 4 is 21.7 Å². The first-order valence-corrected chi connectivity index (χ1v) is 5.01. The molecule has 0 bridgehead atoms. The normalized spacial score (nSPS) is 10.6. The smallest absolute Gasteiger partial charge is 0.168 e. The van der Waals surface area contributed by atoms with E-state index >= 15 is 0 Å². The molecule has 16 heavy (non-hydrogen) atoms. The number of aromatic nitrogens is 2. The van der Waals surface area contributed by atoms with Gasteiger partial charge >= 0.3 is 0 Å². The summed E-state index contributed by atoms with van der Waals surface area (Å²) < 4.78 is 13.3. The van der Waals surface area contributed by atoms with Crippen LogP contribution in [-0.4, -0.2) is 20.4 Å². The van der Waals surface area contributed by atoms with Gasteiger partial charge in [0.2, 0.25) is 0 Å². The van der Waals surface area contributed by atoms with Crippen LogP contribution in [0.5, 0.6) is 11.5 Å². The Morgan fingerprint density at radius 2 is 2.06 bits per heavy atom. The first-order valence-electron chi connectivity index (χ1n) is 4.22. The molecule has 0 amide bonds. The molecule has 0 saturated heterocycles. The predicted molar refractivity (Wildman–Crippen MR) is 59.4 cm³/mol. The number of benzene rings is 1. The minimum absolute atomic E-state index is 0.0199. The molecule has 84 valence electrons.